The van der Waals surface area contributed by atoms with E-state index in [1.807, 2.05) is 0 Å². The number of rotatable bonds is 13. The minimum absolute atomic E-state index is 0.0328. The Morgan fingerprint density at radius 1 is 1.13 bits per heavy atom. The quantitative estimate of drug-likeness (QED) is 0.277. The average molecular weight is 464 g/mol. The Hall–Kier alpha value is -1.29. The van der Waals surface area contributed by atoms with Gasteiger partial charge in [0.25, 0.3) is 5.56 Å². The summed E-state index contributed by atoms with van der Waals surface area (Å²) in [5, 5.41) is 30.6. The van der Waals surface area contributed by atoms with Crippen LogP contribution in [0.4, 0.5) is 0 Å². The van der Waals surface area contributed by atoms with Crippen molar-refractivity contribution in [3.8, 4) is 0 Å². The molecule has 5 N–H and O–H groups in total. The molecule has 4 atom stereocenters. The molecule has 0 aliphatic heterocycles. The van der Waals surface area contributed by atoms with Crippen LogP contribution in [-0.4, -0.2) is 46.8 Å². The van der Waals surface area contributed by atoms with Crippen molar-refractivity contribution in [2.24, 2.45) is 0 Å². The normalized spacial score (nSPS) is 19.3. The summed E-state index contributed by atoms with van der Waals surface area (Å²) in [5.41, 5.74) is -4.64. The van der Waals surface area contributed by atoms with Crippen molar-refractivity contribution in [3.05, 3.63) is 33.1 Å². The van der Waals surface area contributed by atoms with E-state index in [2.05, 4.69) is 4.98 Å². The van der Waals surface area contributed by atoms with Gasteiger partial charge in [-0.3, -0.25) is 18.9 Å². The van der Waals surface area contributed by atoms with Crippen molar-refractivity contribution >= 4 is 7.60 Å². The summed E-state index contributed by atoms with van der Waals surface area (Å²) >= 11 is 0. The molecule has 11 heteroatoms. The summed E-state index contributed by atoms with van der Waals surface area (Å²) in [7, 11) is -4.42. The smallest absolute Gasteiger partial charge is 0.359 e. The zero-order chi connectivity index (χ0) is 24.1. The van der Waals surface area contributed by atoms with Crippen molar-refractivity contribution in [1.29, 1.82) is 0 Å². The maximum Gasteiger partial charge on any atom is 0.359 e. The molecule has 1 aromatic rings. The number of nitrogens with one attached hydrogen (secondary N) is 1. The van der Waals surface area contributed by atoms with Crippen LogP contribution >= 0.6 is 7.60 Å². The van der Waals surface area contributed by atoms with Gasteiger partial charge in [-0.25, -0.2) is 4.79 Å². The first-order valence-electron chi connectivity index (χ1n) is 10.7. The first-order chi connectivity index (χ1) is 14.2. The summed E-state index contributed by atoms with van der Waals surface area (Å²) in [4.78, 5) is 36.1. The van der Waals surface area contributed by atoms with Crippen LogP contribution in [0.25, 0.3) is 0 Å². The SMILES string of the molecule is CCC[C@@](O)([C@H](O)CCC(C)(CC)OP(=O)(O)C(O)(CC)CC)n1ccc(=O)[nH]c1=O. The number of aliphatic hydroxyl groups is 3. The Balaban J connectivity index is 3.14. The molecular formula is C20H37N2O8P. The van der Waals surface area contributed by atoms with Crippen molar-refractivity contribution in [3.63, 3.8) is 0 Å². The van der Waals surface area contributed by atoms with Crippen molar-refractivity contribution in [1.82, 2.24) is 9.55 Å². The van der Waals surface area contributed by atoms with E-state index in [1.165, 1.54) is 0 Å². The number of hydrogen-bond acceptors (Lipinski definition) is 7. The van der Waals surface area contributed by atoms with Crippen LogP contribution in [0.2, 0.25) is 0 Å². The van der Waals surface area contributed by atoms with Gasteiger partial charge < -0.3 is 24.7 Å². The Kier molecular flexibility index (Phi) is 9.44. The molecule has 1 heterocycles. The fourth-order valence-electron chi connectivity index (χ4n) is 3.53. The lowest BCUT2D eigenvalue weighted by atomic mass is 9.90. The van der Waals surface area contributed by atoms with Crippen LogP contribution in [0.1, 0.15) is 79.6 Å². The highest BCUT2D eigenvalue weighted by Crippen LogP contribution is 2.60. The van der Waals surface area contributed by atoms with Crippen LogP contribution < -0.4 is 11.2 Å². The third-order valence-electron chi connectivity index (χ3n) is 6.09. The molecule has 180 valence electrons. The second kappa shape index (κ2) is 10.6. The van der Waals surface area contributed by atoms with Crippen LogP contribution in [0.15, 0.2) is 21.9 Å². The Bertz CT molecular complexity index is 880. The molecule has 0 aromatic carbocycles. The third-order valence-corrected chi connectivity index (χ3v) is 8.46. The highest BCUT2D eigenvalue weighted by Gasteiger charge is 2.49. The molecule has 0 bridgehead atoms. The van der Waals surface area contributed by atoms with E-state index in [1.54, 1.807) is 34.6 Å². The van der Waals surface area contributed by atoms with Gasteiger partial charge in [0.1, 0.15) is 6.10 Å². The van der Waals surface area contributed by atoms with Crippen molar-refractivity contribution < 1.29 is 29.3 Å². The molecular weight excluding hydrogens is 427 g/mol. The molecule has 0 radical (unpaired) electrons. The maximum absolute atomic E-state index is 12.8. The Morgan fingerprint density at radius 2 is 1.71 bits per heavy atom. The Morgan fingerprint density at radius 3 is 2.16 bits per heavy atom. The van der Waals surface area contributed by atoms with E-state index in [-0.39, 0.29) is 32.1 Å². The van der Waals surface area contributed by atoms with Gasteiger partial charge in [0.2, 0.25) is 0 Å². The first kappa shape index (κ1) is 27.7. The monoisotopic (exact) mass is 464 g/mol. The number of hydrogen-bond donors (Lipinski definition) is 5. The van der Waals surface area contributed by atoms with Gasteiger partial charge in [0.15, 0.2) is 11.1 Å². The molecule has 0 spiro atoms. The molecule has 1 aromatic heterocycles. The van der Waals surface area contributed by atoms with Gasteiger partial charge in [0, 0.05) is 12.3 Å². The Labute approximate surface area is 182 Å². The maximum atomic E-state index is 12.8. The number of aromatic amines is 1. The van der Waals surface area contributed by atoms with Crippen LogP contribution in [0.5, 0.6) is 0 Å². The van der Waals surface area contributed by atoms with Gasteiger partial charge in [-0.15, -0.1) is 0 Å². The number of H-pyrrole nitrogens is 1. The lowest BCUT2D eigenvalue weighted by molar-refractivity contribution is -0.150. The summed E-state index contributed by atoms with van der Waals surface area (Å²) in [6.45, 7) is 8.30. The largest absolute Gasteiger partial charge is 0.388 e. The fraction of sp³-hybridized carbons (Fsp3) is 0.800. The molecule has 1 rings (SSSR count). The molecule has 10 nitrogen and oxygen atoms in total. The second-order valence-electron chi connectivity index (χ2n) is 8.27. The molecule has 0 aliphatic rings. The molecule has 31 heavy (non-hydrogen) atoms. The van der Waals surface area contributed by atoms with Crippen LogP contribution in [0.3, 0.4) is 0 Å². The number of aromatic nitrogens is 2. The van der Waals surface area contributed by atoms with E-state index in [9.17, 15) is 34.4 Å². The summed E-state index contributed by atoms with van der Waals surface area (Å²) in [6.07, 6.45) is 0.543. The van der Waals surface area contributed by atoms with Gasteiger partial charge in [-0.2, -0.15) is 0 Å². The van der Waals surface area contributed by atoms with Crippen LogP contribution in [0, 0.1) is 0 Å². The second-order valence-corrected chi connectivity index (χ2v) is 10.3. The standard InChI is InChI=1S/C20H37N2O8P/c1-6-12-20(27,22-14-11-16(24)21-17(22)25)15(23)10-13-18(5,7-2)30-31(28,29)19(26,8-3)9-4/h11,14-15,23,26-27H,6-10,12-13H2,1-5H3,(H,28,29)(H,21,24,25)/t15-,18?,20-/m1/s1. The summed E-state index contributed by atoms with van der Waals surface area (Å²) in [6, 6.07) is 1.08. The first-order valence-corrected chi connectivity index (χ1v) is 12.3. The highest BCUT2D eigenvalue weighted by atomic mass is 31.2. The van der Waals surface area contributed by atoms with Gasteiger partial charge >= 0.3 is 13.3 Å². The van der Waals surface area contributed by atoms with Gasteiger partial charge in [-0.05, 0) is 45.4 Å². The van der Waals surface area contributed by atoms with E-state index in [4.69, 9.17) is 4.52 Å². The third kappa shape index (κ3) is 6.15. The topological polar surface area (TPSA) is 162 Å². The van der Waals surface area contributed by atoms with Gasteiger partial charge in [-0.1, -0.05) is 34.1 Å². The molecule has 2 unspecified atom stereocenters. The predicted octanol–water partition coefficient (Wildman–Crippen LogP) is 2.00. The lowest BCUT2D eigenvalue weighted by Gasteiger charge is -2.39. The zero-order valence-corrected chi connectivity index (χ0v) is 19.9. The van der Waals surface area contributed by atoms with Crippen LogP contribution in [-0.2, 0) is 14.8 Å². The minimum Gasteiger partial charge on any atom is -0.388 e. The molecule has 0 saturated heterocycles. The molecule has 0 aliphatic carbocycles. The predicted molar refractivity (Wildman–Crippen MR) is 117 cm³/mol. The molecule has 0 fully saturated rings. The average Bonchev–Trinajstić information content (AvgIpc) is 2.70. The van der Waals surface area contributed by atoms with E-state index in [0.717, 1.165) is 16.8 Å². The van der Waals surface area contributed by atoms with E-state index < -0.39 is 41.6 Å². The van der Waals surface area contributed by atoms with Crippen molar-refractivity contribution in [2.75, 3.05) is 0 Å². The van der Waals surface area contributed by atoms with E-state index >= 15 is 0 Å². The van der Waals surface area contributed by atoms with Gasteiger partial charge in [0.05, 0.1) is 5.60 Å². The number of aliphatic hydroxyl groups excluding tert-OH is 1. The molecule has 0 saturated carbocycles. The number of nitrogens with zero attached hydrogens (tertiary/aromatic N) is 1. The minimum atomic E-state index is -4.42. The molecule has 0 amide bonds. The van der Waals surface area contributed by atoms with Crippen molar-refractivity contribution in [2.45, 2.75) is 102 Å². The summed E-state index contributed by atoms with van der Waals surface area (Å²) < 4.78 is 19.2. The highest BCUT2D eigenvalue weighted by molar-refractivity contribution is 7.54. The van der Waals surface area contributed by atoms with E-state index in [0.29, 0.717) is 12.8 Å². The zero-order valence-electron chi connectivity index (χ0n) is 19.0. The summed E-state index contributed by atoms with van der Waals surface area (Å²) in [5.74, 6) is 0. The fourth-order valence-corrected chi connectivity index (χ4v) is 5.32. The lowest BCUT2D eigenvalue weighted by Crippen LogP contribution is -2.51.